The SMILES string of the molecule is O=[N+]([O-])c1ccc(F)cc1Oc1ccc(CBr)cc1Br. The molecule has 0 N–H and O–H groups in total. The molecule has 0 unspecified atom stereocenters. The second-order valence-corrected chi connectivity index (χ2v) is 5.28. The Balaban J connectivity index is 2.39. The van der Waals surface area contributed by atoms with Gasteiger partial charge in [-0.2, -0.15) is 0 Å². The van der Waals surface area contributed by atoms with Gasteiger partial charge in [0.05, 0.1) is 9.40 Å². The van der Waals surface area contributed by atoms with Crippen molar-refractivity contribution in [3.8, 4) is 11.5 Å². The minimum Gasteiger partial charge on any atom is -0.449 e. The Morgan fingerprint density at radius 1 is 1.20 bits per heavy atom. The van der Waals surface area contributed by atoms with Crippen LogP contribution >= 0.6 is 31.9 Å². The first-order valence-corrected chi connectivity index (χ1v) is 7.39. The minimum atomic E-state index is -0.616. The molecule has 0 aliphatic heterocycles. The number of benzene rings is 2. The van der Waals surface area contributed by atoms with E-state index in [1.807, 2.05) is 6.07 Å². The van der Waals surface area contributed by atoms with E-state index in [-0.39, 0.29) is 11.4 Å². The van der Waals surface area contributed by atoms with Crippen molar-refractivity contribution in [2.45, 2.75) is 5.33 Å². The lowest BCUT2D eigenvalue weighted by Gasteiger charge is -2.09. The van der Waals surface area contributed by atoms with Crippen LogP contribution in [0.25, 0.3) is 0 Å². The zero-order chi connectivity index (χ0) is 14.7. The summed E-state index contributed by atoms with van der Waals surface area (Å²) in [5, 5.41) is 11.6. The van der Waals surface area contributed by atoms with E-state index in [4.69, 9.17) is 4.74 Å². The monoisotopic (exact) mass is 403 g/mol. The van der Waals surface area contributed by atoms with Gasteiger partial charge in [-0.3, -0.25) is 10.1 Å². The molecule has 0 amide bonds. The van der Waals surface area contributed by atoms with Crippen molar-refractivity contribution in [3.05, 3.63) is 62.4 Å². The normalized spacial score (nSPS) is 10.3. The van der Waals surface area contributed by atoms with Crippen LogP contribution in [0.4, 0.5) is 10.1 Å². The Hall–Kier alpha value is -1.47. The summed E-state index contributed by atoms with van der Waals surface area (Å²) in [5.41, 5.74) is 0.723. The van der Waals surface area contributed by atoms with E-state index in [0.717, 1.165) is 23.8 Å². The summed E-state index contributed by atoms with van der Waals surface area (Å²) in [6, 6.07) is 8.37. The molecule has 0 atom stereocenters. The second-order valence-electron chi connectivity index (χ2n) is 3.87. The maximum atomic E-state index is 13.2. The molecule has 0 aromatic heterocycles. The van der Waals surface area contributed by atoms with Gasteiger partial charge < -0.3 is 4.74 Å². The molecule has 0 heterocycles. The molecule has 4 nitrogen and oxygen atoms in total. The Morgan fingerprint density at radius 2 is 1.95 bits per heavy atom. The second kappa shape index (κ2) is 6.32. The summed E-state index contributed by atoms with van der Waals surface area (Å²) in [6.07, 6.45) is 0. The van der Waals surface area contributed by atoms with Crippen LogP contribution in [0.15, 0.2) is 40.9 Å². The molecule has 0 bridgehead atoms. The van der Waals surface area contributed by atoms with Gasteiger partial charge in [-0.25, -0.2) is 4.39 Å². The molecule has 2 aromatic rings. The van der Waals surface area contributed by atoms with E-state index < -0.39 is 10.7 Å². The van der Waals surface area contributed by atoms with Gasteiger partial charge >= 0.3 is 5.69 Å². The number of nitro groups is 1. The van der Waals surface area contributed by atoms with Crippen LogP contribution in [0.1, 0.15) is 5.56 Å². The van der Waals surface area contributed by atoms with Crippen LogP contribution in [-0.4, -0.2) is 4.92 Å². The fourth-order valence-corrected chi connectivity index (χ4v) is 2.41. The van der Waals surface area contributed by atoms with Crippen molar-refractivity contribution in [1.29, 1.82) is 0 Å². The Kier molecular flexibility index (Phi) is 4.72. The minimum absolute atomic E-state index is 0.137. The maximum absolute atomic E-state index is 13.2. The maximum Gasteiger partial charge on any atom is 0.311 e. The van der Waals surface area contributed by atoms with Crippen molar-refractivity contribution in [2.75, 3.05) is 0 Å². The van der Waals surface area contributed by atoms with Gasteiger partial charge in [0, 0.05) is 17.5 Å². The predicted octanol–water partition coefficient (Wildman–Crippen LogP) is 5.18. The van der Waals surface area contributed by atoms with Crippen LogP contribution in [-0.2, 0) is 5.33 Å². The van der Waals surface area contributed by atoms with Gasteiger partial charge in [-0.15, -0.1) is 0 Å². The van der Waals surface area contributed by atoms with E-state index in [2.05, 4.69) is 31.9 Å². The highest BCUT2D eigenvalue weighted by Gasteiger charge is 2.17. The van der Waals surface area contributed by atoms with Crippen LogP contribution < -0.4 is 4.74 Å². The van der Waals surface area contributed by atoms with E-state index >= 15 is 0 Å². The van der Waals surface area contributed by atoms with Gasteiger partial charge in [0.2, 0.25) is 5.75 Å². The molecule has 0 saturated heterocycles. The molecule has 0 radical (unpaired) electrons. The Labute approximate surface area is 131 Å². The van der Waals surface area contributed by atoms with Crippen LogP contribution in [0.2, 0.25) is 0 Å². The summed E-state index contributed by atoms with van der Waals surface area (Å²) in [5.74, 6) is -0.357. The first-order chi connectivity index (χ1) is 9.51. The fraction of sp³-hybridized carbons (Fsp3) is 0.0769. The largest absolute Gasteiger partial charge is 0.449 e. The average molecular weight is 405 g/mol. The Bertz CT molecular complexity index is 664. The lowest BCUT2D eigenvalue weighted by atomic mass is 10.2. The molecule has 20 heavy (non-hydrogen) atoms. The van der Waals surface area contributed by atoms with Crippen LogP contribution in [0.5, 0.6) is 11.5 Å². The summed E-state index contributed by atoms with van der Waals surface area (Å²) in [7, 11) is 0. The number of nitro benzene ring substituents is 1. The van der Waals surface area contributed by atoms with Gasteiger partial charge in [-0.1, -0.05) is 22.0 Å². The molecule has 0 aliphatic carbocycles. The summed E-state index contributed by atoms with van der Waals surface area (Å²) in [6.45, 7) is 0. The van der Waals surface area contributed by atoms with Crippen LogP contribution in [0, 0.1) is 15.9 Å². The lowest BCUT2D eigenvalue weighted by Crippen LogP contribution is -1.95. The molecule has 2 rings (SSSR count). The van der Waals surface area contributed by atoms with Crippen molar-refractivity contribution < 1.29 is 14.1 Å². The number of ether oxygens (including phenoxy) is 1. The lowest BCUT2D eigenvalue weighted by molar-refractivity contribution is -0.385. The molecule has 7 heteroatoms. The van der Waals surface area contributed by atoms with E-state index in [9.17, 15) is 14.5 Å². The van der Waals surface area contributed by atoms with Crippen molar-refractivity contribution in [3.63, 3.8) is 0 Å². The van der Waals surface area contributed by atoms with Gasteiger partial charge in [0.15, 0.2) is 0 Å². The predicted molar refractivity (Wildman–Crippen MR) is 79.9 cm³/mol. The van der Waals surface area contributed by atoms with E-state index in [1.54, 1.807) is 12.1 Å². The third-order valence-electron chi connectivity index (χ3n) is 2.49. The summed E-state index contributed by atoms with van der Waals surface area (Å²) >= 11 is 6.64. The molecule has 0 aliphatic rings. The highest BCUT2D eigenvalue weighted by molar-refractivity contribution is 9.10. The highest BCUT2D eigenvalue weighted by atomic mass is 79.9. The third kappa shape index (κ3) is 3.34. The number of halogens is 3. The number of hydrogen-bond donors (Lipinski definition) is 0. The average Bonchev–Trinajstić information content (AvgIpc) is 2.40. The van der Waals surface area contributed by atoms with E-state index in [1.165, 1.54) is 0 Å². The molecule has 0 spiro atoms. The van der Waals surface area contributed by atoms with Crippen LogP contribution in [0.3, 0.4) is 0 Å². The topological polar surface area (TPSA) is 52.4 Å². The molecule has 0 fully saturated rings. The summed E-state index contributed by atoms with van der Waals surface area (Å²) < 4.78 is 19.3. The quantitative estimate of drug-likeness (QED) is 0.400. The zero-order valence-electron chi connectivity index (χ0n) is 9.98. The van der Waals surface area contributed by atoms with Crippen molar-refractivity contribution in [2.24, 2.45) is 0 Å². The third-order valence-corrected chi connectivity index (χ3v) is 3.76. The highest BCUT2D eigenvalue weighted by Crippen LogP contribution is 2.36. The van der Waals surface area contributed by atoms with Gasteiger partial charge in [0.1, 0.15) is 11.6 Å². The fourth-order valence-electron chi connectivity index (χ4n) is 1.55. The standard InChI is InChI=1S/C13H8Br2FNO3/c14-7-8-1-4-12(10(15)5-8)20-13-6-9(16)2-3-11(13)17(18)19/h1-6H,7H2. The van der Waals surface area contributed by atoms with Crippen molar-refractivity contribution in [1.82, 2.24) is 0 Å². The first kappa shape index (κ1) is 14.9. The van der Waals surface area contributed by atoms with Gasteiger partial charge in [0.25, 0.3) is 0 Å². The molecule has 2 aromatic carbocycles. The molecular formula is C13H8Br2FNO3. The number of alkyl halides is 1. The number of nitrogens with zero attached hydrogens (tertiary/aromatic N) is 1. The zero-order valence-corrected chi connectivity index (χ0v) is 13.1. The summed E-state index contributed by atoms with van der Waals surface area (Å²) in [4.78, 5) is 10.3. The number of rotatable bonds is 4. The van der Waals surface area contributed by atoms with Crippen molar-refractivity contribution >= 4 is 37.5 Å². The smallest absolute Gasteiger partial charge is 0.311 e. The number of hydrogen-bond acceptors (Lipinski definition) is 3. The molecular weight excluding hydrogens is 397 g/mol. The molecule has 104 valence electrons. The van der Waals surface area contributed by atoms with E-state index in [0.29, 0.717) is 15.6 Å². The molecule has 0 saturated carbocycles. The first-order valence-electron chi connectivity index (χ1n) is 5.47. The Morgan fingerprint density at radius 3 is 2.55 bits per heavy atom. The van der Waals surface area contributed by atoms with Gasteiger partial charge in [-0.05, 0) is 39.7 Å².